The highest BCUT2D eigenvalue weighted by molar-refractivity contribution is 4.96. The summed E-state index contributed by atoms with van der Waals surface area (Å²) < 4.78 is 0. The monoisotopic (exact) mass is 136 g/mol. The van der Waals surface area contributed by atoms with E-state index in [0.717, 1.165) is 6.42 Å². The molecule has 0 aromatic carbocycles. The van der Waals surface area contributed by atoms with E-state index in [4.69, 9.17) is 0 Å². The summed E-state index contributed by atoms with van der Waals surface area (Å²) in [7, 11) is 0. The minimum atomic E-state index is 1.14. The lowest BCUT2D eigenvalue weighted by molar-refractivity contribution is 0.763. The Morgan fingerprint density at radius 2 is 1.70 bits per heavy atom. The SMILES string of the molecule is C=C/C=C/CCCCC=C. The molecule has 0 aromatic rings. The first kappa shape index (κ1) is 9.22. The van der Waals surface area contributed by atoms with Crippen LogP contribution in [-0.2, 0) is 0 Å². The van der Waals surface area contributed by atoms with Crippen LogP contribution in [0.1, 0.15) is 25.7 Å². The second-order valence-corrected chi connectivity index (χ2v) is 2.24. The molecule has 0 fully saturated rings. The van der Waals surface area contributed by atoms with Crippen molar-refractivity contribution in [3.05, 3.63) is 37.5 Å². The highest BCUT2D eigenvalue weighted by Gasteiger charge is 1.80. The summed E-state index contributed by atoms with van der Waals surface area (Å²) in [6, 6.07) is 0. The van der Waals surface area contributed by atoms with Gasteiger partial charge in [-0.15, -0.1) is 6.58 Å². The van der Waals surface area contributed by atoms with E-state index >= 15 is 0 Å². The summed E-state index contributed by atoms with van der Waals surface area (Å²) in [5, 5.41) is 0. The van der Waals surface area contributed by atoms with Crippen molar-refractivity contribution < 1.29 is 0 Å². The maximum absolute atomic E-state index is 3.66. The van der Waals surface area contributed by atoms with Crippen molar-refractivity contribution >= 4 is 0 Å². The molecule has 0 aliphatic rings. The standard InChI is InChI=1S/C10H16/c1-3-5-7-9-10-8-6-4-2/h3-5,7H,1-2,6,8-10H2/b7-5+. The first-order valence-electron chi connectivity index (χ1n) is 3.80. The van der Waals surface area contributed by atoms with Crippen LogP contribution >= 0.6 is 0 Å². The lowest BCUT2D eigenvalue weighted by atomic mass is 10.2. The summed E-state index contributed by atoms with van der Waals surface area (Å²) in [5.74, 6) is 0. The zero-order valence-electron chi connectivity index (χ0n) is 6.55. The van der Waals surface area contributed by atoms with E-state index in [-0.39, 0.29) is 0 Å². The van der Waals surface area contributed by atoms with E-state index in [9.17, 15) is 0 Å². The van der Waals surface area contributed by atoms with Gasteiger partial charge in [0.15, 0.2) is 0 Å². The predicted octanol–water partition coefficient (Wildman–Crippen LogP) is 3.48. The highest BCUT2D eigenvalue weighted by atomic mass is 13.9. The van der Waals surface area contributed by atoms with Gasteiger partial charge < -0.3 is 0 Å². The molecule has 10 heavy (non-hydrogen) atoms. The van der Waals surface area contributed by atoms with Gasteiger partial charge >= 0.3 is 0 Å². The third-order valence-electron chi connectivity index (χ3n) is 1.30. The summed E-state index contributed by atoms with van der Waals surface area (Å²) in [4.78, 5) is 0. The fourth-order valence-electron chi connectivity index (χ4n) is 0.743. The Balaban J connectivity index is 2.96. The number of hydrogen-bond donors (Lipinski definition) is 0. The van der Waals surface area contributed by atoms with E-state index in [2.05, 4.69) is 19.2 Å². The summed E-state index contributed by atoms with van der Waals surface area (Å²) in [6.45, 7) is 7.25. The van der Waals surface area contributed by atoms with Crippen molar-refractivity contribution in [3.63, 3.8) is 0 Å². The third kappa shape index (κ3) is 7.22. The Labute approximate surface area is 64.0 Å². The maximum Gasteiger partial charge on any atom is -0.0348 e. The molecule has 0 N–H and O–H groups in total. The quantitative estimate of drug-likeness (QED) is 0.298. The number of hydrogen-bond acceptors (Lipinski definition) is 0. The van der Waals surface area contributed by atoms with Gasteiger partial charge in [0.1, 0.15) is 0 Å². The highest BCUT2D eigenvalue weighted by Crippen LogP contribution is 2.00. The molecule has 0 spiro atoms. The van der Waals surface area contributed by atoms with Crippen molar-refractivity contribution in [2.45, 2.75) is 25.7 Å². The van der Waals surface area contributed by atoms with Crippen LogP contribution < -0.4 is 0 Å². The molecule has 0 unspecified atom stereocenters. The topological polar surface area (TPSA) is 0 Å². The zero-order valence-corrected chi connectivity index (χ0v) is 6.55. The largest absolute Gasteiger partial charge is 0.103 e. The van der Waals surface area contributed by atoms with Gasteiger partial charge in [-0.1, -0.05) is 30.9 Å². The van der Waals surface area contributed by atoms with Crippen LogP contribution in [0.4, 0.5) is 0 Å². The van der Waals surface area contributed by atoms with Gasteiger partial charge in [0, 0.05) is 0 Å². The molecule has 0 radical (unpaired) electrons. The molecule has 0 aliphatic carbocycles. The molecule has 0 bridgehead atoms. The Hall–Kier alpha value is -0.780. The molecule has 0 nitrogen and oxygen atoms in total. The van der Waals surface area contributed by atoms with Crippen molar-refractivity contribution in [3.8, 4) is 0 Å². The second kappa shape index (κ2) is 8.22. The predicted molar refractivity (Wildman–Crippen MR) is 48.0 cm³/mol. The average Bonchev–Trinajstić information content (AvgIpc) is 1.97. The first-order chi connectivity index (χ1) is 4.91. The molecule has 0 heterocycles. The van der Waals surface area contributed by atoms with Gasteiger partial charge in [-0.3, -0.25) is 0 Å². The number of rotatable bonds is 6. The molecule has 0 aromatic heterocycles. The van der Waals surface area contributed by atoms with Crippen molar-refractivity contribution in [2.75, 3.05) is 0 Å². The Morgan fingerprint density at radius 1 is 1.00 bits per heavy atom. The average molecular weight is 136 g/mol. The van der Waals surface area contributed by atoms with E-state index < -0.39 is 0 Å². The molecular formula is C10H16. The van der Waals surface area contributed by atoms with Crippen molar-refractivity contribution in [1.82, 2.24) is 0 Å². The van der Waals surface area contributed by atoms with Crippen LogP contribution in [0.3, 0.4) is 0 Å². The zero-order chi connectivity index (χ0) is 7.66. The lowest BCUT2D eigenvalue weighted by Crippen LogP contribution is -1.70. The van der Waals surface area contributed by atoms with E-state index in [1.165, 1.54) is 19.3 Å². The first-order valence-corrected chi connectivity index (χ1v) is 3.80. The summed E-state index contributed by atoms with van der Waals surface area (Å²) in [5.41, 5.74) is 0. The van der Waals surface area contributed by atoms with Crippen LogP contribution in [0, 0.1) is 0 Å². The van der Waals surface area contributed by atoms with E-state index in [0.29, 0.717) is 0 Å². The van der Waals surface area contributed by atoms with Crippen LogP contribution in [0.2, 0.25) is 0 Å². The lowest BCUT2D eigenvalue weighted by Gasteiger charge is -1.90. The maximum atomic E-state index is 3.66. The van der Waals surface area contributed by atoms with Gasteiger partial charge in [0.2, 0.25) is 0 Å². The van der Waals surface area contributed by atoms with E-state index in [1.54, 1.807) is 0 Å². The minimum absolute atomic E-state index is 1.14. The van der Waals surface area contributed by atoms with Crippen LogP contribution in [0.25, 0.3) is 0 Å². The Bertz CT molecular complexity index is 109. The molecule has 0 heteroatoms. The van der Waals surface area contributed by atoms with E-state index in [1.807, 2.05) is 18.2 Å². The van der Waals surface area contributed by atoms with Crippen LogP contribution in [0.15, 0.2) is 37.5 Å². The van der Waals surface area contributed by atoms with Crippen molar-refractivity contribution in [2.24, 2.45) is 0 Å². The Morgan fingerprint density at radius 3 is 2.30 bits per heavy atom. The van der Waals surface area contributed by atoms with Crippen LogP contribution in [-0.4, -0.2) is 0 Å². The van der Waals surface area contributed by atoms with Gasteiger partial charge in [0.25, 0.3) is 0 Å². The number of unbranched alkanes of at least 4 members (excludes halogenated alkanes) is 3. The minimum Gasteiger partial charge on any atom is -0.103 e. The normalized spacial score (nSPS) is 10.0. The third-order valence-corrected chi connectivity index (χ3v) is 1.30. The molecule has 56 valence electrons. The molecule has 0 saturated carbocycles. The molecule has 0 rings (SSSR count). The smallest absolute Gasteiger partial charge is 0.0348 e. The number of allylic oxidation sites excluding steroid dienone is 4. The van der Waals surface area contributed by atoms with Gasteiger partial charge in [0.05, 0.1) is 0 Å². The Kier molecular flexibility index (Phi) is 7.58. The molecule has 0 atom stereocenters. The second-order valence-electron chi connectivity index (χ2n) is 2.24. The fourth-order valence-corrected chi connectivity index (χ4v) is 0.743. The van der Waals surface area contributed by atoms with Gasteiger partial charge in [-0.25, -0.2) is 0 Å². The molecular weight excluding hydrogens is 120 g/mol. The molecule has 0 saturated heterocycles. The summed E-state index contributed by atoms with van der Waals surface area (Å²) >= 11 is 0. The summed E-state index contributed by atoms with van der Waals surface area (Å²) in [6.07, 6.45) is 12.7. The fraction of sp³-hybridized carbons (Fsp3) is 0.400. The van der Waals surface area contributed by atoms with Crippen LogP contribution in [0.5, 0.6) is 0 Å². The molecule has 0 aliphatic heterocycles. The van der Waals surface area contributed by atoms with Gasteiger partial charge in [-0.05, 0) is 25.7 Å². The van der Waals surface area contributed by atoms with Crippen molar-refractivity contribution in [1.29, 1.82) is 0 Å². The molecule has 0 amide bonds. The van der Waals surface area contributed by atoms with Gasteiger partial charge in [-0.2, -0.15) is 0 Å².